The van der Waals surface area contributed by atoms with Crippen LogP contribution in [0.4, 0.5) is 10.5 Å². The number of piperidine rings is 1. The number of benzene rings is 1. The summed E-state index contributed by atoms with van der Waals surface area (Å²) < 4.78 is 5.49. The van der Waals surface area contributed by atoms with Crippen LogP contribution in [0.1, 0.15) is 35.9 Å². The number of nitrogens with one attached hydrogen (secondary N) is 2. The zero-order chi connectivity index (χ0) is 18.8. The van der Waals surface area contributed by atoms with E-state index in [1.54, 1.807) is 13.1 Å². The summed E-state index contributed by atoms with van der Waals surface area (Å²) in [6.07, 6.45) is 3.77. The number of likely N-dealkylation sites (tertiary alicyclic amines) is 1. The van der Waals surface area contributed by atoms with E-state index < -0.39 is 0 Å². The molecule has 0 radical (unpaired) electrons. The maximum absolute atomic E-state index is 12.8. The molecule has 4 rings (SSSR count). The van der Waals surface area contributed by atoms with Crippen LogP contribution >= 0.6 is 0 Å². The fourth-order valence-corrected chi connectivity index (χ4v) is 3.41. The molecule has 3 aromatic rings. The van der Waals surface area contributed by atoms with Crippen LogP contribution in [0.2, 0.25) is 0 Å². The maximum atomic E-state index is 12.8. The van der Waals surface area contributed by atoms with Crippen LogP contribution < -0.4 is 5.32 Å². The smallest absolute Gasteiger partial charge is 0.321 e. The van der Waals surface area contributed by atoms with Crippen LogP contribution in [-0.4, -0.2) is 44.4 Å². The van der Waals surface area contributed by atoms with Crippen LogP contribution in [0.25, 0.3) is 11.5 Å². The van der Waals surface area contributed by atoms with Gasteiger partial charge in [-0.15, -0.1) is 10.2 Å². The Balaban J connectivity index is 1.49. The summed E-state index contributed by atoms with van der Waals surface area (Å²) in [7, 11) is 0. The highest BCUT2D eigenvalue weighted by molar-refractivity contribution is 5.91. The average molecular weight is 366 g/mol. The molecule has 0 bridgehead atoms. The molecule has 0 unspecified atom stereocenters. The van der Waals surface area contributed by atoms with Crippen molar-refractivity contribution in [3.63, 3.8) is 0 Å². The van der Waals surface area contributed by atoms with Crippen molar-refractivity contribution in [3.8, 4) is 11.5 Å². The molecule has 1 aliphatic heterocycles. The lowest BCUT2D eigenvalue weighted by Crippen LogP contribution is -2.41. The number of aryl methyl sites for hydroxylation is 2. The van der Waals surface area contributed by atoms with Gasteiger partial charge in [0.15, 0.2) is 0 Å². The van der Waals surface area contributed by atoms with Gasteiger partial charge in [-0.2, -0.15) is 5.10 Å². The molecule has 8 nitrogen and oxygen atoms in total. The van der Waals surface area contributed by atoms with E-state index in [9.17, 15) is 4.79 Å². The minimum Gasteiger partial charge on any atom is -0.421 e. The Bertz CT molecular complexity index is 934. The molecular formula is C19H22N6O2. The number of amides is 2. The van der Waals surface area contributed by atoms with Gasteiger partial charge in [-0.1, -0.05) is 6.07 Å². The number of H-pyrrole nitrogens is 1. The van der Waals surface area contributed by atoms with Gasteiger partial charge in [0.05, 0.1) is 0 Å². The minimum atomic E-state index is -0.0961. The molecule has 1 aromatic carbocycles. The Morgan fingerprint density at radius 3 is 2.93 bits per heavy atom. The molecule has 1 fully saturated rings. The normalized spacial score (nSPS) is 17.1. The molecule has 0 spiro atoms. The van der Waals surface area contributed by atoms with E-state index in [0.29, 0.717) is 24.2 Å². The summed E-state index contributed by atoms with van der Waals surface area (Å²) in [4.78, 5) is 14.7. The van der Waals surface area contributed by atoms with Gasteiger partial charge in [0.25, 0.3) is 0 Å². The summed E-state index contributed by atoms with van der Waals surface area (Å²) in [5.41, 5.74) is 3.59. The van der Waals surface area contributed by atoms with Crippen molar-refractivity contribution >= 4 is 11.7 Å². The van der Waals surface area contributed by atoms with Gasteiger partial charge < -0.3 is 14.6 Å². The molecule has 2 N–H and O–H groups in total. The van der Waals surface area contributed by atoms with Crippen molar-refractivity contribution in [2.75, 3.05) is 18.4 Å². The number of aromatic amines is 1. The van der Waals surface area contributed by atoms with Crippen molar-refractivity contribution < 1.29 is 9.21 Å². The average Bonchev–Trinajstić information content (AvgIpc) is 3.35. The quantitative estimate of drug-likeness (QED) is 0.739. The molecule has 1 atom stereocenters. The predicted molar refractivity (Wildman–Crippen MR) is 100 cm³/mol. The Hall–Kier alpha value is -3.16. The molecular weight excluding hydrogens is 344 g/mol. The highest BCUT2D eigenvalue weighted by atomic mass is 16.4. The third-order valence-corrected chi connectivity index (χ3v) is 4.92. The van der Waals surface area contributed by atoms with E-state index in [2.05, 4.69) is 25.7 Å². The number of nitrogens with zero attached hydrogens (tertiary/aromatic N) is 4. The van der Waals surface area contributed by atoms with E-state index in [-0.39, 0.29) is 6.03 Å². The third kappa shape index (κ3) is 3.69. The van der Waals surface area contributed by atoms with Gasteiger partial charge in [-0.3, -0.25) is 5.10 Å². The van der Waals surface area contributed by atoms with Gasteiger partial charge in [0, 0.05) is 49.1 Å². The van der Waals surface area contributed by atoms with Crippen LogP contribution in [0.5, 0.6) is 0 Å². The van der Waals surface area contributed by atoms with Crippen LogP contribution in [0.3, 0.4) is 0 Å². The molecule has 140 valence electrons. The molecule has 8 heteroatoms. The first kappa shape index (κ1) is 17.3. The van der Waals surface area contributed by atoms with Crippen molar-refractivity contribution in [1.82, 2.24) is 25.3 Å². The topological polar surface area (TPSA) is 99.9 Å². The first-order valence-corrected chi connectivity index (χ1v) is 9.06. The number of aromatic nitrogens is 4. The minimum absolute atomic E-state index is 0.0961. The number of hydrogen-bond donors (Lipinski definition) is 2. The number of rotatable bonds is 3. The second-order valence-corrected chi connectivity index (χ2v) is 6.88. The van der Waals surface area contributed by atoms with E-state index in [1.165, 1.54) is 0 Å². The van der Waals surface area contributed by atoms with Crippen molar-refractivity contribution in [3.05, 3.63) is 47.6 Å². The highest BCUT2D eigenvalue weighted by Gasteiger charge is 2.26. The summed E-state index contributed by atoms with van der Waals surface area (Å²) in [5, 5.41) is 18.0. The van der Waals surface area contributed by atoms with E-state index >= 15 is 0 Å². The lowest BCUT2D eigenvalue weighted by atomic mass is 9.95. The maximum Gasteiger partial charge on any atom is 0.321 e. The third-order valence-electron chi connectivity index (χ3n) is 4.92. The largest absolute Gasteiger partial charge is 0.421 e. The number of hydrogen-bond acceptors (Lipinski definition) is 5. The molecule has 2 aromatic heterocycles. The molecule has 1 saturated heterocycles. The Morgan fingerprint density at radius 2 is 2.19 bits per heavy atom. The predicted octanol–water partition coefficient (Wildman–Crippen LogP) is 3.49. The van der Waals surface area contributed by atoms with Crippen molar-refractivity contribution in [2.24, 2.45) is 0 Å². The first-order valence-electron chi connectivity index (χ1n) is 9.06. The second kappa shape index (κ2) is 7.22. The molecule has 3 heterocycles. The van der Waals surface area contributed by atoms with Gasteiger partial charge in [-0.25, -0.2) is 4.79 Å². The number of carbonyl (C=O) groups is 1. The van der Waals surface area contributed by atoms with E-state index in [1.807, 2.05) is 36.1 Å². The highest BCUT2D eigenvalue weighted by Crippen LogP contribution is 2.27. The summed E-state index contributed by atoms with van der Waals surface area (Å²) in [5.74, 6) is 1.25. The van der Waals surface area contributed by atoms with Crippen molar-refractivity contribution in [1.29, 1.82) is 0 Å². The van der Waals surface area contributed by atoms with Gasteiger partial charge >= 0.3 is 6.03 Å². The van der Waals surface area contributed by atoms with Gasteiger partial charge in [-0.05, 0) is 43.5 Å². The lowest BCUT2D eigenvalue weighted by molar-refractivity contribution is 0.192. The molecule has 0 saturated carbocycles. The summed E-state index contributed by atoms with van der Waals surface area (Å²) in [6, 6.07) is 7.60. The standard InChI is InChI=1S/C19H22N6O2/c1-12-5-6-14(18-24-22-13(2)27-18)10-17(12)21-19(26)25-9-3-4-15(11-25)16-7-8-20-23-16/h5-8,10,15H,3-4,9,11H2,1-2H3,(H,20,23)(H,21,26)/t15-/m1/s1. The SMILES string of the molecule is Cc1nnc(-c2ccc(C)c(NC(=O)N3CCC[C@@H](c4ccn[nH]4)C3)c2)o1. The Kier molecular flexibility index (Phi) is 4.62. The van der Waals surface area contributed by atoms with E-state index in [4.69, 9.17) is 4.42 Å². The van der Waals surface area contributed by atoms with Crippen LogP contribution in [0.15, 0.2) is 34.9 Å². The fraction of sp³-hybridized carbons (Fsp3) is 0.368. The molecule has 27 heavy (non-hydrogen) atoms. The van der Waals surface area contributed by atoms with Crippen LogP contribution in [-0.2, 0) is 0 Å². The zero-order valence-corrected chi connectivity index (χ0v) is 15.4. The van der Waals surface area contributed by atoms with E-state index in [0.717, 1.165) is 41.9 Å². The number of urea groups is 1. The van der Waals surface area contributed by atoms with Gasteiger partial charge in [0.1, 0.15) is 0 Å². The number of carbonyl (C=O) groups excluding carboxylic acids is 1. The van der Waals surface area contributed by atoms with Crippen LogP contribution in [0, 0.1) is 13.8 Å². The lowest BCUT2D eigenvalue weighted by Gasteiger charge is -2.32. The fourth-order valence-electron chi connectivity index (χ4n) is 3.41. The second-order valence-electron chi connectivity index (χ2n) is 6.88. The Labute approximate surface area is 157 Å². The summed E-state index contributed by atoms with van der Waals surface area (Å²) in [6.45, 7) is 5.13. The van der Waals surface area contributed by atoms with Crippen molar-refractivity contribution in [2.45, 2.75) is 32.6 Å². The summed E-state index contributed by atoms with van der Waals surface area (Å²) >= 11 is 0. The van der Waals surface area contributed by atoms with Gasteiger partial charge in [0.2, 0.25) is 11.8 Å². The Morgan fingerprint density at radius 1 is 1.30 bits per heavy atom. The number of anilines is 1. The first-order chi connectivity index (χ1) is 13.1. The molecule has 1 aliphatic rings. The molecule has 2 amide bonds. The molecule has 0 aliphatic carbocycles. The monoisotopic (exact) mass is 366 g/mol. The zero-order valence-electron chi connectivity index (χ0n) is 15.4.